The number of nitrogens with zero attached hydrogens (tertiary/aromatic N) is 3. The third kappa shape index (κ3) is 5.46. The average molecular weight is 337 g/mol. The fourth-order valence-corrected chi connectivity index (χ4v) is 2.73. The van der Waals surface area contributed by atoms with Crippen LogP contribution in [0.4, 0.5) is 4.39 Å². The van der Waals surface area contributed by atoms with Crippen molar-refractivity contribution in [2.45, 2.75) is 19.9 Å². The van der Waals surface area contributed by atoms with Crippen molar-refractivity contribution in [2.75, 3.05) is 52.9 Å². The Morgan fingerprint density at radius 1 is 1.25 bits per heavy atom. The second-order valence-electron chi connectivity index (χ2n) is 6.50. The number of halogens is 1. The Morgan fingerprint density at radius 2 is 1.92 bits per heavy atom. The zero-order valence-corrected chi connectivity index (χ0v) is 14.9. The van der Waals surface area contributed by atoms with Gasteiger partial charge < -0.3 is 9.64 Å². The first kappa shape index (κ1) is 18.7. The molecule has 1 aromatic rings. The number of ether oxygens (including phenoxy) is 1. The van der Waals surface area contributed by atoms with Crippen molar-refractivity contribution in [1.29, 1.82) is 0 Å². The minimum atomic E-state index is -0.380. The van der Waals surface area contributed by atoms with Gasteiger partial charge in [0.05, 0.1) is 13.1 Å². The lowest BCUT2D eigenvalue weighted by Crippen LogP contribution is -2.51. The Kier molecular flexibility index (Phi) is 6.99. The zero-order valence-electron chi connectivity index (χ0n) is 14.9. The molecular formula is C18H28FN3O2. The SMILES string of the molecule is CC(C)N1CCN(CC(=O)N(C)CCOc2ccccc2F)CC1. The molecule has 1 aromatic carbocycles. The smallest absolute Gasteiger partial charge is 0.236 e. The van der Waals surface area contributed by atoms with Gasteiger partial charge in [-0.25, -0.2) is 4.39 Å². The largest absolute Gasteiger partial charge is 0.489 e. The number of likely N-dealkylation sites (N-methyl/N-ethyl adjacent to an activating group) is 1. The lowest BCUT2D eigenvalue weighted by atomic mass is 10.2. The molecule has 0 spiro atoms. The predicted octanol–water partition coefficient (Wildman–Crippen LogP) is 1.69. The summed E-state index contributed by atoms with van der Waals surface area (Å²) in [4.78, 5) is 18.5. The van der Waals surface area contributed by atoms with E-state index in [0.717, 1.165) is 26.2 Å². The Bertz CT molecular complexity index is 531. The molecule has 134 valence electrons. The summed E-state index contributed by atoms with van der Waals surface area (Å²) in [7, 11) is 1.76. The molecule has 5 nitrogen and oxygen atoms in total. The fourth-order valence-electron chi connectivity index (χ4n) is 2.73. The summed E-state index contributed by atoms with van der Waals surface area (Å²) in [6, 6.07) is 6.86. The van der Waals surface area contributed by atoms with Crippen LogP contribution in [0.15, 0.2) is 24.3 Å². The molecule has 1 saturated heterocycles. The number of benzene rings is 1. The third-order valence-corrected chi connectivity index (χ3v) is 4.44. The van der Waals surface area contributed by atoms with Crippen LogP contribution in [0.5, 0.6) is 5.75 Å². The Morgan fingerprint density at radius 3 is 2.54 bits per heavy atom. The quantitative estimate of drug-likeness (QED) is 0.759. The molecule has 0 N–H and O–H groups in total. The van der Waals surface area contributed by atoms with Crippen molar-refractivity contribution in [3.8, 4) is 5.75 Å². The lowest BCUT2D eigenvalue weighted by Gasteiger charge is -2.37. The van der Waals surface area contributed by atoms with Crippen LogP contribution < -0.4 is 4.74 Å². The van der Waals surface area contributed by atoms with E-state index < -0.39 is 0 Å². The van der Waals surface area contributed by atoms with E-state index in [1.54, 1.807) is 30.1 Å². The Labute approximate surface area is 144 Å². The van der Waals surface area contributed by atoms with Gasteiger partial charge in [0.1, 0.15) is 6.61 Å². The van der Waals surface area contributed by atoms with E-state index in [4.69, 9.17) is 4.74 Å². The highest BCUT2D eigenvalue weighted by atomic mass is 19.1. The summed E-state index contributed by atoms with van der Waals surface area (Å²) in [6.07, 6.45) is 0. The summed E-state index contributed by atoms with van der Waals surface area (Å²) in [6.45, 7) is 9.41. The highest BCUT2D eigenvalue weighted by Gasteiger charge is 2.21. The molecule has 0 aromatic heterocycles. The summed E-state index contributed by atoms with van der Waals surface area (Å²) in [5, 5.41) is 0. The number of rotatable bonds is 7. The minimum Gasteiger partial charge on any atom is -0.489 e. The molecule has 1 fully saturated rings. The number of para-hydroxylation sites is 1. The van der Waals surface area contributed by atoms with Gasteiger partial charge in [0.2, 0.25) is 5.91 Å². The molecule has 0 saturated carbocycles. The second-order valence-corrected chi connectivity index (χ2v) is 6.50. The topological polar surface area (TPSA) is 36.0 Å². The van der Waals surface area contributed by atoms with Crippen LogP contribution in [0, 0.1) is 5.82 Å². The monoisotopic (exact) mass is 337 g/mol. The summed E-state index contributed by atoms with van der Waals surface area (Å²) < 4.78 is 18.9. The van der Waals surface area contributed by atoms with Crippen molar-refractivity contribution in [1.82, 2.24) is 14.7 Å². The molecule has 0 bridgehead atoms. The molecule has 0 aliphatic carbocycles. The van der Waals surface area contributed by atoms with E-state index >= 15 is 0 Å². The Hall–Kier alpha value is -1.66. The van der Waals surface area contributed by atoms with E-state index in [1.165, 1.54) is 6.07 Å². The molecule has 0 radical (unpaired) electrons. The minimum absolute atomic E-state index is 0.0742. The summed E-state index contributed by atoms with van der Waals surface area (Å²) in [5.41, 5.74) is 0. The first-order valence-electron chi connectivity index (χ1n) is 8.55. The molecule has 0 atom stereocenters. The summed E-state index contributed by atoms with van der Waals surface area (Å²) in [5.74, 6) is -0.0808. The fraction of sp³-hybridized carbons (Fsp3) is 0.611. The van der Waals surface area contributed by atoms with Crippen LogP contribution in [0.3, 0.4) is 0 Å². The maximum atomic E-state index is 13.5. The average Bonchev–Trinajstić information content (AvgIpc) is 2.57. The van der Waals surface area contributed by atoms with Gasteiger partial charge in [-0.1, -0.05) is 12.1 Å². The van der Waals surface area contributed by atoms with Crippen molar-refractivity contribution in [2.24, 2.45) is 0 Å². The predicted molar refractivity (Wildman–Crippen MR) is 92.7 cm³/mol. The second kappa shape index (κ2) is 8.99. The van der Waals surface area contributed by atoms with Gasteiger partial charge in [-0.05, 0) is 26.0 Å². The molecule has 1 heterocycles. The van der Waals surface area contributed by atoms with Crippen molar-refractivity contribution in [3.63, 3.8) is 0 Å². The van der Waals surface area contributed by atoms with E-state index in [1.807, 2.05) is 0 Å². The van der Waals surface area contributed by atoms with Gasteiger partial charge in [0.25, 0.3) is 0 Å². The standard InChI is InChI=1S/C18H28FN3O2/c1-15(2)22-10-8-21(9-11-22)14-18(23)20(3)12-13-24-17-7-5-4-6-16(17)19/h4-7,15H,8-14H2,1-3H3. The number of piperazine rings is 1. The van der Waals surface area contributed by atoms with Crippen LogP contribution in [-0.4, -0.2) is 79.6 Å². The molecule has 24 heavy (non-hydrogen) atoms. The van der Waals surface area contributed by atoms with Gasteiger partial charge in [0, 0.05) is 39.3 Å². The van der Waals surface area contributed by atoms with Gasteiger partial charge >= 0.3 is 0 Å². The highest BCUT2D eigenvalue weighted by molar-refractivity contribution is 5.78. The molecule has 6 heteroatoms. The van der Waals surface area contributed by atoms with Crippen LogP contribution in [0.1, 0.15) is 13.8 Å². The van der Waals surface area contributed by atoms with Crippen molar-refractivity contribution >= 4 is 5.91 Å². The number of carbonyl (C=O) groups excluding carboxylic acids is 1. The van der Waals surface area contributed by atoms with Gasteiger partial charge in [-0.2, -0.15) is 0 Å². The van der Waals surface area contributed by atoms with E-state index in [2.05, 4.69) is 23.6 Å². The van der Waals surface area contributed by atoms with Crippen LogP contribution in [0.2, 0.25) is 0 Å². The maximum absolute atomic E-state index is 13.5. The number of hydrogen-bond donors (Lipinski definition) is 0. The zero-order chi connectivity index (χ0) is 17.5. The van der Waals surface area contributed by atoms with Gasteiger partial charge in [0.15, 0.2) is 11.6 Å². The van der Waals surface area contributed by atoms with Crippen LogP contribution in [0.25, 0.3) is 0 Å². The first-order valence-corrected chi connectivity index (χ1v) is 8.55. The highest BCUT2D eigenvalue weighted by Crippen LogP contribution is 2.15. The number of carbonyl (C=O) groups is 1. The molecular weight excluding hydrogens is 309 g/mol. The first-order chi connectivity index (χ1) is 11.5. The maximum Gasteiger partial charge on any atom is 0.236 e. The summed E-state index contributed by atoms with van der Waals surface area (Å²) >= 11 is 0. The molecule has 2 rings (SSSR count). The van der Waals surface area contributed by atoms with Crippen molar-refractivity contribution in [3.05, 3.63) is 30.1 Å². The van der Waals surface area contributed by atoms with Crippen LogP contribution in [-0.2, 0) is 4.79 Å². The molecule has 1 aliphatic rings. The van der Waals surface area contributed by atoms with E-state index in [-0.39, 0.29) is 24.1 Å². The van der Waals surface area contributed by atoms with E-state index in [9.17, 15) is 9.18 Å². The number of hydrogen-bond acceptors (Lipinski definition) is 4. The van der Waals surface area contributed by atoms with Gasteiger partial charge in [-0.15, -0.1) is 0 Å². The lowest BCUT2D eigenvalue weighted by molar-refractivity contribution is -0.131. The van der Waals surface area contributed by atoms with Crippen molar-refractivity contribution < 1.29 is 13.9 Å². The molecule has 0 unspecified atom stereocenters. The van der Waals surface area contributed by atoms with Crippen LogP contribution >= 0.6 is 0 Å². The van der Waals surface area contributed by atoms with Gasteiger partial charge in [-0.3, -0.25) is 14.6 Å². The molecule has 1 aliphatic heterocycles. The Balaban J connectivity index is 1.68. The molecule has 1 amide bonds. The number of amides is 1. The normalized spacial score (nSPS) is 16.4. The third-order valence-electron chi connectivity index (χ3n) is 4.44. The van der Waals surface area contributed by atoms with E-state index in [0.29, 0.717) is 19.1 Å².